The highest BCUT2D eigenvalue weighted by molar-refractivity contribution is 7.89. The van der Waals surface area contributed by atoms with Gasteiger partial charge in [0.05, 0.1) is 7.11 Å². The molecule has 0 aromatic heterocycles. The second-order valence-electron chi connectivity index (χ2n) is 4.11. The minimum Gasteiger partial charge on any atom is -0.495 e. The summed E-state index contributed by atoms with van der Waals surface area (Å²) < 4.78 is 31.8. The van der Waals surface area contributed by atoms with E-state index < -0.39 is 10.0 Å². The van der Waals surface area contributed by atoms with Gasteiger partial charge < -0.3 is 4.74 Å². The Morgan fingerprint density at radius 2 is 2.00 bits per heavy atom. The van der Waals surface area contributed by atoms with Crippen LogP contribution in [0.3, 0.4) is 0 Å². The van der Waals surface area contributed by atoms with Crippen molar-refractivity contribution in [1.29, 1.82) is 0 Å². The lowest BCUT2D eigenvalue weighted by Crippen LogP contribution is -2.30. The van der Waals surface area contributed by atoms with Gasteiger partial charge in [0, 0.05) is 6.04 Å². The van der Waals surface area contributed by atoms with Crippen molar-refractivity contribution in [3.05, 3.63) is 23.8 Å². The van der Waals surface area contributed by atoms with Crippen molar-refractivity contribution < 1.29 is 13.2 Å². The van der Waals surface area contributed by atoms with E-state index in [1.165, 1.54) is 7.11 Å². The van der Waals surface area contributed by atoms with Crippen LogP contribution in [-0.2, 0) is 16.4 Å². The quantitative estimate of drug-likeness (QED) is 0.877. The number of hydrogen-bond donors (Lipinski definition) is 1. The van der Waals surface area contributed by atoms with Crippen LogP contribution in [0.15, 0.2) is 23.1 Å². The van der Waals surface area contributed by atoms with Crippen LogP contribution >= 0.6 is 0 Å². The first-order valence-electron chi connectivity index (χ1n) is 5.60. The number of nitrogens with one attached hydrogen (secondary N) is 1. The fraction of sp³-hybridized carbons (Fsp3) is 0.500. The van der Waals surface area contributed by atoms with E-state index in [9.17, 15) is 8.42 Å². The molecule has 0 saturated carbocycles. The molecule has 0 fully saturated rings. The molecular formula is C12H19NO3S. The molecule has 4 nitrogen and oxygen atoms in total. The third-order valence-corrected chi connectivity index (χ3v) is 4.00. The van der Waals surface area contributed by atoms with Gasteiger partial charge in [-0.25, -0.2) is 13.1 Å². The summed E-state index contributed by atoms with van der Waals surface area (Å²) in [5.74, 6) is 0.371. The van der Waals surface area contributed by atoms with Crippen LogP contribution < -0.4 is 9.46 Å². The molecule has 0 bridgehead atoms. The van der Waals surface area contributed by atoms with Crippen molar-refractivity contribution in [3.8, 4) is 5.75 Å². The molecule has 0 unspecified atom stereocenters. The summed E-state index contributed by atoms with van der Waals surface area (Å²) >= 11 is 0. The zero-order valence-corrected chi connectivity index (χ0v) is 11.5. The maximum atomic E-state index is 12.1. The smallest absolute Gasteiger partial charge is 0.244 e. The normalized spacial score (nSPS) is 11.8. The van der Waals surface area contributed by atoms with Gasteiger partial charge in [-0.3, -0.25) is 0 Å². The number of benzene rings is 1. The van der Waals surface area contributed by atoms with Gasteiger partial charge in [0.25, 0.3) is 0 Å². The van der Waals surface area contributed by atoms with Crippen LogP contribution in [0.2, 0.25) is 0 Å². The Bertz CT molecular complexity index is 481. The third-order valence-electron chi connectivity index (χ3n) is 2.32. The van der Waals surface area contributed by atoms with Crippen LogP contribution in [0.4, 0.5) is 0 Å². The Labute approximate surface area is 103 Å². The number of ether oxygens (including phenoxy) is 1. The first-order chi connectivity index (χ1) is 7.90. The number of rotatable bonds is 5. The zero-order valence-electron chi connectivity index (χ0n) is 10.6. The van der Waals surface area contributed by atoms with Gasteiger partial charge in [0.1, 0.15) is 10.6 Å². The van der Waals surface area contributed by atoms with E-state index in [-0.39, 0.29) is 10.9 Å². The van der Waals surface area contributed by atoms with Crippen molar-refractivity contribution in [2.45, 2.75) is 38.1 Å². The van der Waals surface area contributed by atoms with Crippen molar-refractivity contribution in [3.63, 3.8) is 0 Å². The molecular weight excluding hydrogens is 238 g/mol. The first kappa shape index (κ1) is 14.0. The molecule has 1 aromatic carbocycles. The largest absolute Gasteiger partial charge is 0.495 e. The van der Waals surface area contributed by atoms with Gasteiger partial charge in [0.2, 0.25) is 10.0 Å². The fourth-order valence-corrected chi connectivity index (χ4v) is 3.00. The molecule has 17 heavy (non-hydrogen) atoms. The van der Waals surface area contributed by atoms with Gasteiger partial charge in [0.15, 0.2) is 0 Å². The molecule has 96 valence electrons. The molecule has 0 atom stereocenters. The van der Waals surface area contributed by atoms with Crippen LogP contribution in [0.5, 0.6) is 5.75 Å². The maximum absolute atomic E-state index is 12.1. The number of hydrogen-bond acceptors (Lipinski definition) is 3. The van der Waals surface area contributed by atoms with Gasteiger partial charge in [-0.15, -0.1) is 0 Å². The SMILES string of the molecule is CCc1ccc(OC)c(S(=O)(=O)NC(C)C)c1. The lowest BCUT2D eigenvalue weighted by atomic mass is 10.2. The van der Waals surface area contributed by atoms with Crippen molar-refractivity contribution >= 4 is 10.0 Å². The van der Waals surface area contributed by atoms with Gasteiger partial charge in [-0.1, -0.05) is 13.0 Å². The summed E-state index contributed by atoms with van der Waals surface area (Å²) in [5, 5.41) is 0. The molecule has 1 rings (SSSR count). The standard InChI is InChI=1S/C12H19NO3S/c1-5-10-6-7-11(16-4)12(8-10)17(14,15)13-9(2)3/h6-9,13H,5H2,1-4H3. The van der Waals surface area contributed by atoms with Crippen LogP contribution in [0, 0.1) is 0 Å². The monoisotopic (exact) mass is 257 g/mol. The topological polar surface area (TPSA) is 55.4 Å². The summed E-state index contributed by atoms with van der Waals surface area (Å²) in [4.78, 5) is 0.202. The summed E-state index contributed by atoms with van der Waals surface area (Å²) in [5.41, 5.74) is 0.968. The maximum Gasteiger partial charge on any atom is 0.244 e. The second kappa shape index (κ2) is 5.51. The van der Waals surface area contributed by atoms with Crippen molar-refractivity contribution in [2.75, 3.05) is 7.11 Å². The molecule has 0 aliphatic heterocycles. The molecule has 0 spiro atoms. The predicted octanol–water partition coefficient (Wildman–Crippen LogP) is 1.94. The van der Waals surface area contributed by atoms with E-state index in [4.69, 9.17) is 4.74 Å². The molecule has 0 heterocycles. The van der Waals surface area contributed by atoms with E-state index in [0.29, 0.717) is 5.75 Å². The molecule has 1 N–H and O–H groups in total. The van der Waals surface area contributed by atoms with Crippen molar-refractivity contribution in [1.82, 2.24) is 4.72 Å². The highest BCUT2D eigenvalue weighted by Gasteiger charge is 2.20. The van der Waals surface area contributed by atoms with E-state index >= 15 is 0 Å². The van der Waals surface area contributed by atoms with E-state index in [1.807, 2.05) is 13.0 Å². The highest BCUT2D eigenvalue weighted by atomic mass is 32.2. The number of methoxy groups -OCH3 is 1. The van der Waals surface area contributed by atoms with Gasteiger partial charge >= 0.3 is 0 Å². The predicted molar refractivity (Wildman–Crippen MR) is 67.8 cm³/mol. The highest BCUT2D eigenvalue weighted by Crippen LogP contribution is 2.25. The summed E-state index contributed by atoms with van der Waals surface area (Å²) in [6, 6.07) is 5.07. The Hall–Kier alpha value is -1.07. The third kappa shape index (κ3) is 3.44. The lowest BCUT2D eigenvalue weighted by Gasteiger charge is -2.13. The number of aryl methyl sites for hydroxylation is 1. The molecule has 0 amide bonds. The Kier molecular flexibility index (Phi) is 4.54. The van der Waals surface area contributed by atoms with Crippen LogP contribution in [0.25, 0.3) is 0 Å². The lowest BCUT2D eigenvalue weighted by molar-refractivity contribution is 0.402. The van der Waals surface area contributed by atoms with Gasteiger partial charge in [-0.2, -0.15) is 0 Å². The van der Waals surface area contributed by atoms with Crippen molar-refractivity contribution in [2.24, 2.45) is 0 Å². The number of sulfonamides is 1. The molecule has 0 saturated heterocycles. The minimum absolute atomic E-state index is 0.144. The summed E-state index contributed by atoms with van der Waals surface area (Å²) in [7, 11) is -2.04. The zero-order chi connectivity index (χ0) is 13.1. The van der Waals surface area contributed by atoms with E-state index in [1.54, 1.807) is 26.0 Å². The second-order valence-corrected chi connectivity index (χ2v) is 5.80. The molecule has 0 aliphatic rings. The minimum atomic E-state index is -3.51. The average molecular weight is 257 g/mol. The Balaban J connectivity index is 3.27. The summed E-state index contributed by atoms with van der Waals surface area (Å²) in [6.07, 6.45) is 0.786. The van der Waals surface area contributed by atoms with Crippen LogP contribution in [-0.4, -0.2) is 21.6 Å². The van der Waals surface area contributed by atoms with Crippen LogP contribution in [0.1, 0.15) is 26.3 Å². The Morgan fingerprint density at radius 1 is 1.35 bits per heavy atom. The molecule has 1 aromatic rings. The Morgan fingerprint density at radius 3 is 2.47 bits per heavy atom. The fourth-order valence-electron chi connectivity index (χ4n) is 1.52. The average Bonchev–Trinajstić information content (AvgIpc) is 2.26. The summed E-state index contributed by atoms with van der Waals surface area (Å²) in [6.45, 7) is 5.55. The molecule has 5 heteroatoms. The van der Waals surface area contributed by atoms with E-state index in [0.717, 1.165) is 12.0 Å². The molecule has 0 aliphatic carbocycles. The molecule has 0 radical (unpaired) electrons. The van der Waals surface area contributed by atoms with E-state index in [2.05, 4.69) is 4.72 Å². The van der Waals surface area contributed by atoms with Gasteiger partial charge in [-0.05, 0) is 38.0 Å². The first-order valence-corrected chi connectivity index (χ1v) is 7.08.